The Hall–Kier alpha value is -1.63. The number of aliphatic carboxylic acids is 1. The number of carbonyl (C=O) groups is 2. The van der Waals surface area contributed by atoms with E-state index in [1.165, 1.54) is 11.3 Å². The van der Waals surface area contributed by atoms with Crippen LogP contribution in [0.25, 0.3) is 0 Å². The Kier molecular flexibility index (Phi) is 5.41. The van der Waals surface area contributed by atoms with Crippen LogP contribution in [0.3, 0.4) is 0 Å². The minimum absolute atomic E-state index is 0.308. The van der Waals surface area contributed by atoms with Crippen LogP contribution in [0.2, 0.25) is 0 Å². The zero-order valence-corrected chi connectivity index (χ0v) is 10.3. The Bertz CT molecular complexity index is 367. The van der Waals surface area contributed by atoms with E-state index in [2.05, 4.69) is 15.6 Å². The van der Waals surface area contributed by atoms with E-state index < -0.39 is 18.0 Å². The molecule has 1 aromatic heterocycles. The fourth-order valence-corrected chi connectivity index (χ4v) is 1.81. The highest BCUT2D eigenvalue weighted by atomic mass is 32.1. The second-order valence-corrected chi connectivity index (χ2v) is 4.41. The average molecular weight is 257 g/mol. The standard InChI is InChI=1S/C10H15N3O3S/c1-2-3-7(9(14)15)13-10(16)12-6-8-11-4-5-17-8/h4-5,7H,2-3,6H2,1H3,(H,14,15)(H2,12,13,16). The third-order valence-electron chi connectivity index (χ3n) is 2.06. The number of carboxylic acid groups (broad SMARTS) is 1. The first kappa shape index (κ1) is 13.4. The van der Waals surface area contributed by atoms with Gasteiger partial charge in [0.2, 0.25) is 0 Å². The van der Waals surface area contributed by atoms with Gasteiger partial charge in [-0.25, -0.2) is 14.6 Å². The molecule has 0 saturated carbocycles. The van der Waals surface area contributed by atoms with Crippen LogP contribution >= 0.6 is 11.3 Å². The molecule has 0 fully saturated rings. The summed E-state index contributed by atoms with van der Waals surface area (Å²) in [7, 11) is 0. The van der Waals surface area contributed by atoms with Gasteiger partial charge in [-0.05, 0) is 6.42 Å². The lowest BCUT2D eigenvalue weighted by Crippen LogP contribution is -2.45. The number of nitrogens with zero attached hydrogens (tertiary/aromatic N) is 1. The Labute approximate surface area is 103 Å². The molecule has 0 radical (unpaired) electrons. The number of carboxylic acids is 1. The molecule has 17 heavy (non-hydrogen) atoms. The van der Waals surface area contributed by atoms with Gasteiger partial charge in [0.1, 0.15) is 11.0 Å². The lowest BCUT2D eigenvalue weighted by molar-refractivity contribution is -0.139. The molecule has 94 valence electrons. The highest BCUT2D eigenvalue weighted by molar-refractivity contribution is 7.09. The second kappa shape index (κ2) is 6.85. The summed E-state index contributed by atoms with van der Waals surface area (Å²) in [5.41, 5.74) is 0. The van der Waals surface area contributed by atoms with Crippen LogP contribution in [0.15, 0.2) is 11.6 Å². The normalized spacial score (nSPS) is 11.8. The van der Waals surface area contributed by atoms with E-state index in [0.717, 1.165) is 5.01 Å². The molecular weight excluding hydrogens is 242 g/mol. The van der Waals surface area contributed by atoms with E-state index in [9.17, 15) is 9.59 Å². The maximum absolute atomic E-state index is 11.4. The molecule has 3 N–H and O–H groups in total. The minimum atomic E-state index is -1.02. The van der Waals surface area contributed by atoms with Crippen molar-refractivity contribution in [3.63, 3.8) is 0 Å². The molecule has 1 rings (SSSR count). The molecule has 6 nitrogen and oxygen atoms in total. The van der Waals surface area contributed by atoms with Crippen molar-refractivity contribution in [3.8, 4) is 0 Å². The fourth-order valence-electron chi connectivity index (χ4n) is 1.25. The van der Waals surface area contributed by atoms with Crippen LogP contribution in [-0.4, -0.2) is 28.1 Å². The first-order valence-corrected chi connectivity index (χ1v) is 6.17. The molecule has 0 spiro atoms. The predicted molar refractivity (Wildman–Crippen MR) is 63.8 cm³/mol. The third kappa shape index (κ3) is 4.81. The summed E-state index contributed by atoms with van der Waals surface area (Å²) >= 11 is 1.43. The van der Waals surface area contributed by atoms with Gasteiger partial charge < -0.3 is 15.7 Å². The maximum Gasteiger partial charge on any atom is 0.326 e. The van der Waals surface area contributed by atoms with E-state index in [1.807, 2.05) is 12.3 Å². The molecule has 1 aromatic rings. The second-order valence-electron chi connectivity index (χ2n) is 3.43. The van der Waals surface area contributed by atoms with E-state index in [1.54, 1.807) is 6.20 Å². The van der Waals surface area contributed by atoms with Crippen molar-refractivity contribution in [3.05, 3.63) is 16.6 Å². The van der Waals surface area contributed by atoms with Crippen molar-refractivity contribution in [1.82, 2.24) is 15.6 Å². The predicted octanol–water partition coefficient (Wildman–Crippen LogP) is 1.20. The molecule has 2 amide bonds. The van der Waals surface area contributed by atoms with Gasteiger partial charge in [-0.2, -0.15) is 0 Å². The topological polar surface area (TPSA) is 91.3 Å². The minimum Gasteiger partial charge on any atom is -0.480 e. The molecule has 1 unspecified atom stereocenters. The maximum atomic E-state index is 11.4. The number of thiazole rings is 1. The Balaban J connectivity index is 2.34. The zero-order valence-electron chi connectivity index (χ0n) is 9.47. The molecule has 0 bridgehead atoms. The molecule has 0 aromatic carbocycles. The number of carbonyl (C=O) groups excluding carboxylic acids is 1. The van der Waals surface area contributed by atoms with E-state index in [4.69, 9.17) is 5.11 Å². The van der Waals surface area contributed by atoms with Gasteiger partial charge in [-0.1, -0.05) is 13.3 Å². The van der Waals surface area contributed by atoms with Gasteiger partial charge in [0, 0.05) is 11.6 Å². The highest BCUT2D eigenvalue weighted by Crippen LogP contribution is 2.02. The summed E-state index contributed by atoms with van der Waals surface area (Å²) in [6.45, 7) is 2.17. The van der Waals surface area contributed by atoms with Gasteiger partial charge in [-0.15, -0.1) is 11.3 Å². The van der Waals surface area contributed by atoms with Gasteiger partial charge in [-0.3, -0.25) is 0 Å². The van der Waals surface area contributed by atoms with Crippen LogP contribution in [0, 0.1) is 0 Å². The van der Waals surface area contributed by atoms with Gasteiger partial charge in [0.05, 0.1) is 6.54 Å². The molecule has 0 aliphatic carbocycles. The Morgan fingerprint density at radius 3 is 2.88 bits per heavy atom. The zero-order chi connectivity index (χ0) is 12.7. The van der Waals surface area contributed by atoms with E-state index >= 15 is 0 Å². The van der Waals surface area contributed by atoms with Gasteiger partial charge in [0.25, 0.3) is 0 Å². The summed E-state index contributed by atoms with van der Waals surface area (Å²) in [5.74, 6) is -1.02. The number of nitrogens with one attached hydrogen (secondary N) is 2. The van der Waals surface area contributed by atoms with Crippen molar-refractivity contribution >= 4 is 23.3 Å². The third-order valence-corrected chi connectivity index (χ3v) is 2.84. The molecule has 0 saturated heterocycles. The van der Waals surface area contributed by atoms with E-state index in [0.29, 0.717) is 19.4 Å². The SMILES string of the molecule is CCCC(NC(=O)NCc1nccs1)C(=O)O. The van der Waals surface area contributed by atoms with Crippen LogP contribution in [0.1, 0.15) is 24.8 Å². The van der Waals surface area contributed by atoms with Crippen molar-refractivity contribution < 1.29 is 14.7 Å². The lowest BCUT2D eigenvalue weighted by atomic mass is 10.2. The highest BCUT2D eigenvalue weighted by Gasteiger charge is 2.18. The molecule has 0 aliphatic heterocycles. The Morgan fingerprint density at radius 1 is 1.59 bits per heavy atom. The average Bonchev–Trinajstić information content (AvgIpc) is 2.78. The lowest BCUT2D eigenvalue weighted by Gasteiger charge is -2.13. The van der Waals surface area contributed by atoms with Crippen molar-refractivity contribution in [2.24, 2.45) is 0 Å². The van der Waals surface area contributed by atoms with Crippen molar-refractivity contribution in [2.75, 3.05) is 0 Å². The molecule has 1 heterocycles. The molecule has 7 heteroatoms. The summed E-state index contributed by atoms with van der Waals surface area (Å²) in [6.07, 6.45) is 2.76. The quantitative estimate of drug-likeness (QED) is 0.714. The van der Waals surface area contributed by atoms with E-state index in [-0.39, 0.29) is 0 Å². The van der Waals surface area contributed by atoms with Crippen LogP contribution < -0.4 is 10.6 Å². The number of aromatic nitrogens is 1. The number of amides is 2. The molecule has 1 atom stereocenters. The van der Waals surface area contributed by atoms with Crippen LogP contribution in [-0.2, 0) is 11.3 Å². The van der Waals surface area contributed by atoms with Crippen molar-refractivity contribution in [2.45, 2.75) is 32.4 Å². The van der Waals surface area contributed by atoms with Crippen LogP contribution in [0.4, 0.5) is 4.79 Å². The molecule has 0 aliphatic rings. The van der Waals surface area contributed by atoms with Gasteiger partial charge >= 0.3 is 12.0 Å². The summed E-state index contributed by atoms with van der Waals surface area (Å²) < 4.78 is 0. The summed E-state index contributed by atoms with van der Waals surface area (Å²) in [6, 6.07) is -1.32. The van der Waals surface area contributed by atoms with Crippen LogP contribution in [0.5, 0.6) is 0 Å². The first-order valence-electron chi connectivity index (χ1n) is 5.29. The summed E-state index contributed by atoms with van der Waals surface area (Å²) in [5, 5.41) is 16.4. The first-order chi connectivity index (χ1) is 8.13. The Morgan fingerprint density at radius 2 is 2.35 bits per heavy atom. The number of hydrogen-bond donors (Lipinski definition) is 3. The van der Waals surface area contributed by atoms with Gasteiger partial charge in [0.15, 0.2) is 0 Å². The smallest absolute Gasteiger partial charge is 0.326 e. The summed E-state index contributed by atoms with van der Waals surface area (Å²) in [4.78, 5) is 26.2. The number of hydrogen-bond acceptors (Lipinski definition) is 4. The van der Waals surface area contributed by atoms with Crippen molar-refractivity contribution in [1.29, 1.82) is 0 Å². The monoisotopic (exact) mass is 257 g/mol. The number of urea groups is 1. The molecular formula is C10H15N3O3S. The number of rotatable bonds is 6. The largest absolute Gasteiger partial charge is 0.480 e. The fraction of sp³-hybridized carbons (Fsp3) is 0.500.